The molecule has 2 rings (SSSR count). The van der Waals surface area contributed by atoms with Gasteiger partial charge in [-0.25, -0.2) is 15.0 Å². The van der Waals surface area contributed by atoms with Crippen molar-refractivity contribution in [2.75, 3.05) is 18.6 Å². The van der Waals surface area contributed by atoms with Crippen LogP contribution in [0.5, 0.6) is 0 Å². The van der Waals surface area contributed by atoms with Crippen molar-refractivity contribution in [1.82, 2.24) is 15.0 Å². The Balaban J connectivity index is 2.14. The first kappa shape index (κ1) is 16.8. The highest BCUT2D eigenvalue weighted by atomic mass is 32.1. The van der Waals surface area contributed by atoms with E-state index in [9.17, 15) is 0 Å². The number of nitrogens with zero attached hydrogens (tertiary/aromatic N) is 4. The lowest BCUT2D eigenvalue weighted by atomic mass is 10.2. The molecule has 120 valence electrons. The first-order chi connectivity index (χ1) is 10.4. The monoisotopic (exact) mass is 320 g/mol. The third-order valence-corrected chi connectivity index (χ3v) is 4.62. The van der Waals surface area contributed by atoms with Gasteiger partial charge in [-0.3, -0.25) is 0 Å². The Morgan fingerprint density at radius 1 is 1.23 bits per heavy atom. The van der Waals surface area contributed by atoms with Crippen molar-refractivity contribution in [3.8, 4) is 0 Å². The number of hydrogen-bond donors (Lipinski definition) is 0. The van der Waals surface area contributed by atoms with Crippen molar-refractivity contribution in [2.24, 2.45) is 0 Å². The van der Waals surface area contributed by atoms with Gasteiger partial charge in [-0.1, -0.05) is 0 Å². The molecule has 0 fully saturated rings. The van der Waals surface area contributed by atoms with Gasteiger partial charge in [-0.2, -0.15) is 0 Å². The second-order valence-electron chi connectivity index (χ2n) is 5.44. The van der Waals surface area contributed by atoms with E-state index in [1.165, 1.54) is 0 Å². The van der Waals surface area contributed by atoms with Crippen LogP contribution in [-0.4, -0.2) is 28.6 Å². The summed E-state index contributed by atoms with van der Waals surface area (Å²) < 4.78 is 5.60. The molecule has 0 aliphatic heterocycles. The molecule has 0 saturated heterocycles. The molecule has 0 unspecified atom stereocenters. The number of anilines is 1. The summed E-state index contributed by atoms with van der Waals surface area (Å²) in [5, 5.41) is 3.12. The molecule has 0 radical (unpaired) electrons. The summed E-state index contributed by atoms with van der Waals surface area (Å²) >= 11 is 1.65. The van der Waals surface area contributed by atoms with Gasteiger partial charge in [0, 0.05) is 30.3 Å². The van der Waals surface area contributed by atoms with Crippen molar-refractivity contribution in [3.05, 3.63) is 33.2 Å². The average Bonchev–Trinajstić information content (AvgIpc) is 2.91. The van der Waals surface area contributed by atoms with Gasteiger partial charge in [0.1, 0.15) is 22.8 Å². The fourth-order valence-corrected chi connectivity index (χ4v) is 3.16. The van der Waals surface area contributed by atoms with Crippen LogP contribution in [0.2, 0.25) is 0 Å². The lowest BCUT2D eigenvalue weighted by molar-refractivity contribution is 0.0761. The average molecular weight is 320 g/mol. The highest BCUT2D eigenvalue weighted by Crippen LogP contribution is 2.24. The largest absolute Gasteiger partial charge is 0.372 e. The molecule has 0 bridgehead atoms. The van der Waals surface area contributed by atoms with E-state index in [4.69, 9.17) is 4.74 Å². The van der Waals surface area contributed by atoms with E-state index in [0.29, 0.717) is 6.61 Å². The van der Waals surface area contributed by atoms with Crippen LogP contribution in [0.15, 0.2) is 5.38 Å². The summed E-state index contributed by atoms with van der Waals surface area (Å²) in [6.45, 7) is 11.5. The highest BCUT2D eigenvalue weighted by molar-refractivity contribution is 7.09. The van der Waals surface area contributed by atoms with Crippen LogP contribution in [-0.2, 0) is 11.3 Å². The van der Waals surface area contributed by atoms with E-state index in [1.807, 2.05) is 34.7 Å². The molecule has 0 saturated carbocycles. The van der Waals surface area contributed by atoms with Crippen LogP contribution in [0.3, 0.4) is 0 Å². The fraction of sp³-hybridized carbons (Fsp3) is 0.562. The number of aromatic nitrogens is 3. The van der Waals surface area contributed by atoms with E-state index in [-0.39, 0.29) is 6.10 Å². The number of thiazole rings is 1. The number of hydrogen-bond acceptors (Lipinski definition) is 6. The van der Waals surface area contributed by atoms with E-state index in [1.54, 1.807) is 11.3 Å². The van der Waals surface area contributed by atoms with Gasteiger partial charge in [0.05, 0.1) is 12.2 Å². The summed E-state index contributed by atoms with van der Waals surface area (Å²) in [5.74, 6) is 1.77. The minimum atomic E-state index is 0.0549. The lowest BCUT2D eigenvalue weighted by Crippen LogP contribution is -2.20. The van der Waals surface area contributed by atoms with Crippen LogP contribution in [0.1, 0.15) is 47.7 Å². The summed E-state index contributed by atoms with van der Waals surface area (Å²) in [6.07, 6.45) is 0.0549. The zero-order valence-corrected chi connectivity index (χ0v) is 15.0. The van der Waals surface area contributed by atoms with Crippen molar-refractivity contribution in [3.63, 3.8) is 0 Å². The maximum Gasteiger partial charge on any atom is 0.135 e. The zero-order chi connectivity index (χ0) is 16.3. The third kappa shape index (κ3) is 3.81. The molecule has 22 heavy (non-hydrogen) atoms. The molecule has 2 aromatic rings. The molecule has 0 aliphatic carbocycles. The Morgan fingerprint density at radius 2 is 1.95 bits per heavy atom. The number of rotatable bonds is 6. The van der Waals surface area contributed by atoms with Gasteiger partial charge in [0.25, 0.3) is 0 Å². The zero-order valence-electron chi connectivity index (χ0n) is 14.2. The molecule has 2 aromatic heterocycles. The summed E-state index contributed by atoms with van der Waals surface area (Å²) in [7, 11) is 2.04. The quantitative estimate of drug-likeness (QED) is 0.814. The molecule has 0 aliphatic rings. The van der Waals surface area contributed by atoms with Gasteiger partial charge in [0.15, 0.2) is 0 Å². The molecule has 0 spiro atoms. The van der Waals surface area contributed by atoms with Crippen molar-refractivity contribution >= 4 is 17.2 Å². The van der Waals surface area contributed by atoms with E-state index < -0.39 is 0 Å². The second-order valence-corrected chi connectivity index (χ2v) is 6.33. The van der Waals surface area contributed by atoms with Crippen LogP contribution in [0.4, 0.5) is 5.82 Å². The van der Waals surface area contributed by atoms with Crippen molar-refractivity contribution < 1.29 is 4.74 Å². The normalized spacial score (nSPS) is 12.5. The third-order valence-electron chi connectivity index (χ3n) is 3.57. The Labute approximate surface area is 136 Å². The van der Waals surface area contributed by atoms with E-state index in [2.05, 4.69) is 32.2 Å². The van der Waals surface area contributed by atoms with Gasteiger partial charge < -0.3 is 9.64 Å². The SMILES string of the molecule is CCO[C@H](C)c1nc(CN(C)c2nc(C)nc(C)c2C)cs1. The Kier molecular flexibility index (Phi) is 5.47. The molecular formula is C16H24N4OS. The molecule has 5 nitrogen and oxygen atoms in total. The summed E-state index contributed by atoms with van der Waals surface area (Å²) in [4.78, 5) is 15.8. The van der Waals surface area contributed by atoms with Gasteiger partial charge >= 0.3 is 0 Å². The standard InChI is InChI=1S/C16H24N4OS/c1-7-21-12(4)16-19-14(9-22-16)8-20(6)15-10(2)11(3)17-13(5)18-15/h9,12H,7-8H2,1-6H3/t12-/m1/s1. The smallest absolute Gasteiger partial charge is 0.135 e. The minimum absolute atomic E-state index is 0.0549. The van der Waals surface area contributed by atoms with Crippen LogP contribution in [0, 0.1) is 20.8 Å². The van der Waals surface area contributed by atoms with Gasteiger partial charge in [-0.05, 0) is 34.6 Å². The molecule has 0 N–H and O–H groups in total. The summed E-state index contributed by atoms with van der Waals surface area (Å²) in [5.41, 5.74) is 3.19. The predicted octanol–water partition coefficient (Wildman–Crippen LogP) is 3.59. The highest BCUT2D eigenvalue weighted by Gasteiger charge is 2.14. The Hall–Kier alpha value is -1.53. The van der Waals surface area contributed by atoms with E-state index >= 15 is 0 Å². The first-order valence-corrected chi connectivity index (χ1v) is 8.39. The molecule has 1 atom stereocenters. The summed E-state index contributed by atoms with van der Waals surface area (Å²) in [6, 6.07) is 0. The van der Waals surface area contributed by atoms with Crippen molar-refractivity contribution in [2.45, 2.75) is 47.3 Å². The molecule has 0 amide bonds. The molecule has 0 aromatic carbocycles. The fourth-order valence-electron chi connectivity index (χ4n) is 2.34. The number of aryl methyl sites for hydroxylation is 2. The predicted molar refractivity (Wildman–Crippen MR) is 90.5 cm³/mol. The Morgan fingerprint density at radius 3 is 2.64 bits per heavy atom. The second kappa shape index (κ2) is 7.15. The Bertz CT molecular complexity index is 641. The first-order valence-electron chi connectivity index (χ1n) is 7.51. The molecular weight excluding hydrogens is 296 g/mol. The minimum Gasteiger partial charge on any atom is -0.372 e. The number of ether oxygens (including phenoxy) is 1. The van der Waals surface area contributed by atoms with Crippen LogP contribution < -0.4 is 4.90 Å². The van der Waals surface area contributed by atoms with Crippen LogP contribution in [0.25, 0.3) is 0 Å². The lowest BCUT2D eigenvalue weighted by Gasteiger charge is -2.20. The molecule has 6 heteroatoms. The van der Waals surface area contributed by atoms with Crippen molar-refractivity contribution in [1.29, 1.82) is 0 Å². The van der Waals surface area contributed by atoms with Gasteiger partial charge in [0.2, 0.25) is 0 Å². The maximum absolute atomic E-state index is 5.60. The topological polar surface area (TPSA) is 51.1 Å². The van der Waals surface area contributed by atoms with Gasteiger partial charge in [-0.15, -0.1) is 11.3 Å². The maximum atomic E-state index is 5.60. The van der Waals surface area contributed by atoms with E-state index in [0.717, 1.165) is 40.1 Å². The van der Waals surface area contributed by atoms with Crippen LogP contribution >= 0.6 is 11.3 Å². The molecule has 2 heterocycles.